The molecular formula is C33H51N3O4S. The number of ether oxygens (including phenoxy) is 2. The van der Waals surface area contributed by atoms with Gasteiger partial charge in [-0.25, -0.2) is 0 Å². The molecular weight excluding hydrogens is 534 g/mol. The van der Waals surface area contributed by atoms with E-state index in [1.807, 2.05) is 28.0 Å². The number of unbranched alkanes of at least 4 members (excludes halogenated alkanes) is 5. The topological polar surface area (TPSA) is 62.3 Å². The maximum absolute atomic E-state index is 13.9. The van der Waals surface area contributed by atoms with E-state index in [1.165, 1.54) is 49.0 Å². The molecule has 0 unspecified atom stereocenters. The largest absolute Gasteiger partial charge is 0.493 e. The summed E-state index contributed by atoms with van der Waals surface area (Å²) in [5.41, 5.74) is 2.28. The molecule has 8 heteroatoms. The van der Waals surface area contributed by atoms with Gasteiger partial charge in [0, 0.05) is 30.9 Å². The lowest BCUT2D eigenvalue weighted by molar-refractivity contribution is -0.141. The van der Waals surface area contributed by atoms with Gasteiger partial charge in [-0.3, -0.25) is 9.59 Å². The van der Waals surface area contributed by atoms with Crippen LogP contribution in [0.5, 0.6) is 11.5 Å². The van der Waals surface area contributed by atoms with Crippen molar-refractivity contribution in [3.05, 3.63) is 45.6 Å². The molecule has 2 aromatic rings. The predicted molar refractivity (Wildman–Crippen MR) is 168 cm³/mol. The van der Waals surface area contributed by atoms with Crippen molar-refractivity contribution in [1.29, 1.82) is 0 Å². The number of nitrogens with zero attached hydrogens (tertiary/aromatic N) is 3. The van der Waals surface area contributed by atoms with Gasteiger partial charge in [0.2, 0.25) is 11.8 Å². The highest BCUT2D eigenvalue weighted by Gasteiger charge is 2.23. The number of likely N-dealkylation sites (tertiary alicyclic amines) is 1. The molecule has 41 heavy (non-hydrogen) atoms. The maximum Gasteiger partial charge on any atom is 0.242 e. The van der Waals surface area contributed by atoms with Crippen molar-refractivity contribution in [2.45, 2.75) is 84.6 Å². The molecule has 0 spiro atoms. The van der Waals surface area contributed by atoms with Gasteiger partial charge in [0.1, 0.15) is 0 Å². The molecule has 0 atom stereocenters. The zero-order valence-electron chi connectivity index (χ0n) is 25.8. The fourth-order valence-electron chi connectivity index (χ4n) is 5.37. The average Bonchev–Trinajstić information content (AvgIpc) is 3.66. The number of hydrogen-bond donors (Lipinski definition) is 0. The summed E-state index contributed by atoms with van der Waals surface area (Å²) in [5.74, 6) is 1.50. The van der Waals surface area contributed by atoms with Gasteiger partial charge < -0.3 is 24.2 Å². The second-order valence-corrected chi connectivity index (χ2v) is 12.2. The molecule has 1 aromatic heterocycles. The summed E-state index contributed by atoms with van der Waals surface area (Å²) < 4.78 is 10.9. The van der Waals surface area contributed by atoms with Crippen molar-refractivity contribution in [3.63, 3.8) is 0 Å². The highest BCUT2D eigenvalue weighted by molar-refractivity contribution is 7.10. The molecule has 3 rings (SSSR count). The van der Waals surface area contributed by atoms with Crippen molar-refractivity contribution in [2.75, 3.05) is 53.5 Å². The number of rotatable bonds is 19. The van der Waals surface area contributed by atoms with Crippen LogP contribution in [-0.2, 0) is 22.6 Å². The van der Waals surface area contributed by atoms with Crippen LogP contribution in [0.25, 0.3) is 0 Å². The first-order chi connectivity index (χ1) is 19.9. The smallest absolute Gasteiger partial charge is 0.242 e. The Kier molecular flexibility index (Phi) is 14.5. The van der Waals surface area contributed by atoms with Gasteiger partial charge >= 0.3 is 0 Å². The quantitative estimate of drug-likeness (QED) is 0.181. The minimum Gasteiger partial charge on any atom is -0.493 e. The van der Waals surface area contributed by atoms with E-state index < -0.39 is 0 Å². The highest BCUT2D eigenvalue weighted by Crippen LogP contribution is 2.28. The van der Waals surface area contributed by atoms with E-state index in [4.69, 9.17) is 9.47 Å². The SMILES string of the molecule is CCCCCCCCC(=O)N(CCN1CCCC1)CC(=O)N(CCc1ccc(OC)c(OC)c1)Cc1sccc1C. The van der Waals surface area contributed by atoms with Crippen LogP contribution in [0.1, 0.15) is 80.7 Å². The summed E-state index contributed by atoms with van der Waals surface area (Å²) in [4.78, 5) is 34.6. The maximum atomic E-state index is 13.9. The van der Waals surface area contributed by atoms with Crippen LogP contribution < -0.4 is 9.47 Å². The molecule has 2 heterocycles. The Morgan fingerprint density at radius 3 is 2.32 bits per heavy atom. The van der Waals surface area contributed by atoms with Crippen LogP contribution in [0.15, 0.2) is 29.6 Å². The van der Waals surface area contributed by atoms with Crippen molar-refractivity contribution < 1.29 is 19.1 Å². The lowest BCUT2D eigenvalue weighted by Gasteiger charge is -2.29. The number of amides is 2. The Morgan fingerprint density at radius 2 is 1.63 bits per heavy atom. The molecule has 7 nitrogen and oxygen atoms in total. The van der Waals surface area contributed by atoms with E-state index in [2.05, 4.69) is 30.2 Å². The third-order valence-electron chi connectivity index (χ3n) is 8.08. The molecule has 1 aliphatic rings. The Hall–Kier alpha value is -2.58. The third-order valence-corrected chi connectivity index (χ3v) is 9.09. The molecule has 1 saturated heterocycles. The molecule has 228 valence electrons. The Bertz CT molecular complexity index is 1070. The van der Waals surface area contributed by atoms with Gasteiger partial charge in [-0.1, -0.05) is 45.1 Å². The van der Waals surface area contributed by atoms with Gasteiger partial charge in [0.25, 0.3) is 0 Å². The van der Waals surface area contributed by atoms with Crippen LogP contribution in [-0.4, -0.2) is 80.0 Å². The number of carbonyl (C=O) groups is 2. The molecule has 2 amide bonds. The predicted octanol–water partition coefficient (Wildman–Crippen LogP) is 6.32. The molecule has 0 bridgehead atoms. The van der Waals surface area contributed by atoms with E-state index in [1.54, 1.807) is 25.6 Å². The number of carbonyl (C=O) groups excluding carboxylic acids is 2. The summed E-state index contributed by atoms with van der Waals surface area (Å²) in [6.07, 6.45) is 10.5. The first-order valence-electron chi connectivity index (χ1n) is 15.5. The number of benzene rings is 1. The lowest BCUT2D eigenvalue weighted by Crippen LogP contribution is -2.45. The van der Waals surface area contributed by atoms with Crippen molar-refractivity contribution >= 4 is 23.2 Å². The first kappa shape index (κ1) is 32.9. The van der Waals surface area contributed by atoms with E-state index in [0.29, 0.717) is 44.0 Å². The van der Waals surface area contributed by atoms with Crippen LogP contribution in [0, 0.1) is 6.92 Å². The van der Waals surface area contributed by atoms with Crippen LogP contribution in [0.3, 0.4) is 0 Å². The third kappa shape index (κ3) is 11.0. The van der Waals surface area contributed by atoms with Gasteiger partial charge in [-0.05, 0) is 80.4 Å². The fraction of sp³-hybridized carbons (Fsp3) is 0.636. The zero-order chi connectivity index (χ0) is 29.5. The van der Waals surface area contributed by atoms with Crippen molar-refractivity contribution in [3.8, 4) is 11.5 Å². The fourth-order valence-corrected chi connectivity index (χ4v) is 6.29. The molecule has 1 aromatic carbocycles. The standard InChI is InChI=1S/C33H51N3O4S/c1-5-6-7-8-9-10-13-32(37)36(22-21-34-18-11-12-19-34)26-33(38)35(25-31-27(2)17-23-41-31)20-16-28-14-15-29(39-3)30(24-28)40-4/h14-15,17,23-24H,5-13,16,18-22,25-26H2,1-4H3. The normalized spacial score (nSPS) is 13.4. The second-order valence-electron chi connectivity index (χ2n) is 11.2. The Morgan fingerprint density at radius 1 is 0.902 bits per heavy atom. The minimum atomic E-state index is 0.0102. The average molecular weight is 586 g/mol. The first-order valence-corrected chi connectivity index (χ1v) is 16.3. The van der Waals surface area contributed by atoms with E-state index in [0.717, 1.165) is 38.0 Å². The van der Waals surface area contributed by atoms with Crippen molar-refractivity contribution in [2.24, 2.45) is 0 Å². The zero-order valence-corrected chi connectivity index (χ0v) is 26.6. The van der Waals surface area contributed by atoms with Crippen LogP contribution in [0.4, 0.5) is 0 Å². The van der Waals surface area contributed by atoms with Gasteiger partial charge in [0.15, 0.2) is 11.5 Å². The number of hydrogen-bond acceptors (Lipinski definition) is 6. The molecule has 1 fully saturated rings. The van der Waals surface area contributed by atoms with Crippen LogP contribution in [0.2, 0.25) is 0 Å². The summed E-state index contributed by atoms with van der Waals surface area (Å²) in [6.45, 7) is 9.19. The molecule has 0 N–H and O–H groups in total. The highest BCUT2D eigenvalue weighted by atomic mass is 32.1. The van der Waals surface area contributed by atoms with Gasteiger partial charge in [-0.2, -0.15) is 0 Å². The summed E-state index contributed by atoms with van der Waals surface area (Å²) in [5, 5.41) is 2.08. The van der Waals surface area contributed by atoms with E-state index in [-0.39, 0.29) is 18.4 Å². The van der Waals surface area contributed by atoms with E-state index >= 15 is 0 Å². The van der Waals surface area contributed by atoms with E-state index in [9.17, 15) is 9.59 Å². The van der Waals surface area contributed by atoms with Gasteiger partial charge in [0.05, 0.1) is 27.3 Å². The monoisotopic (exact) mass is 585 g/mol. The number of methoxy groups -OCH3 is 2. The molecule has 1 aliphatic heterocycles. The Balaban J connectivity index is 1.68. The lowest BCUT2D eigenvalue weighted by atomic mass is 10.1. The minimum absolute atomic E-state index is 0.0102. The van der Waals surface area contributed by atoms with Gasteiger partial charge in [-0.15, -0.1) is 11.3 Å². The molecule has 0 aliphatic carbocycles. The summed E-state index contributed by atoms with van der Waals surface area (Å²) in [7, 11) is 3.26. The van der Waals surface area contributed by atoms with Crippen LogP contribution >= 0.6 is 11.3 Å². The molecule has 0 radical (unpaired) electrons. The number of aryl methyl sites for hydroxylation is 1. The van der Waals surface area contributed by atoms with Crippen molar-refractivity contribution in [1.82, 2.24) is 14.7 Å². The number of thiophene rings is 1. The Labute approximate surface area is 251 Å². The second kappa shape index (κ2) is 18.1. The summed E-state index contributed by atoms with van der Waals surface area (Å²) >= 11 is 1.68. The molecule has 0 saturated carbocycles. The summed E-state index contributed by atoms with van der Waals surface area (Å²) in [6, 6.07) is 8.01.